The number of Topliss-reactive ketones (excluding diaryl/α,β-unsaturated/α-hetero) is 1. The number of rotatable bonds is 5. The largest absolute Gasteiger partial charge is 0.393 e. The highest BCUT2D eigenvalue weighted by Crippen LogP contribution is 2.70. The number of aryl methyl sites for hydroxylation is 1. The molecular formula is C25H38N2O3. The van der Waals surface area contributed by atoms with Crippen LogP contribution in [0, 0.1) is 47.3 Å². The standard InChI is InChI=1S/C25H38N2O3/c1-16-12-26-27(13-16)14-23(29)21-7-6-20-19-5-4-17-10-18(28)8-9-25(17,15-30-3)22(19)11-24(20,21)2/h12-13,17-22,28H,4-11,14-15H2,1-3H3/t17-,18+,19-,20-,21+,22?,24-,25+/m0/s1. The monoisotopic (exact) mass is 414 g/mol. The maximum atomic E-state index is 13.4. The Hall–Kier alpha value is -1.20. The molecule has 5 rings (SSSR count). The lowest BCUT2D eigenvalue weighted by Gasteiger charge is -2.55. The molecule has 4 aliphatic rings. The third-order valence-electron chi connectivity index (χ3n) is 9.88. The van der Waals surface area contributed by atoms with Gasteiger partial charge in [0, 0.05) is 19.2 Å². The summed E-state index contributed by atoms with van der Waals surface area (Å²) in [5.74, 6) is 3.13. The number of nitrogens with zero attached hydrogens (tertiary/aromatic N) is 2. The van der Waals surface area contributed by atoms with Crippen LogP contribution < -0.4 is 0 Å². The van der Waals surface area contributed by atoms with E-state index in [1.54, 1.807) is 0 Å². The Morgan fingerprint density at radius 1 is 1.27 bits per heavy atom. The van der Waals surface area contributed by atoms with Crippen LogP contribution in [0.25, 0.3) is 0 Å². The van der Waals surface area contributed by atoms with E-state index < -0.39 is 0 Å². The molecule has 166 valence electrons. The molecule has 0 amide bonds. The van der Waals surface area contributed by atoms with Crippen LogP contribution in [0.4, 0.5) is 0 Å². The zero-order chi connectivity index (χ0) is 21.1. The van der Waals surface area contributed by atoms with Crippen LogP contribution >= 0.6 is 0 Å². The summed E-state index contributed by atoms with van der Waals surface area (Å²) in [7, 11) is 1.84. The quantitative estimate of drug-likeness (QED) is 0.790. The Morgan fingerprint density at radius 2 is 2.10 bits per heavy atom. The van der Waals surface area contributed by atoms with Crippen LogP contribution in [0.1, 0.15) is 63.9 Å². The van der Waals surface area contributed by atoms with E-state index in [0.717, 1.165) is 50.2 Å². The number of hydrogen-bond acceptors (Lipinski definition) is 4. The number of methoxy groups -OCH3 is 1. The van der Waals surface area contributed by atoms with Gasteiger partial charge >= 0.3 is 0 Å². The van der Waals surface area contributed by atoms with Gasteiger partial charge in [0.2, 0.25) is 0 Å². The summed E-state index contributed by atoms with van der Waals surface area (Å²) >= 11 is 0. The van der Waals surface area contributed by atoms with Crippen molar-refractivity contribution >= 4 is 5.78 Å². The summed E-state index contributed by atoms with van der Waals surface area (Å²) in [6.45, 7) is 5.68. The predicted octanol–water partition coefficient (Wildman–Crippen LogP) is 4.02. The highest BCUT2D eigenvalue weighted by atomic mass is 16.5. The van der Waals surface area contributed by atoms with Crippen molar-refractivity contribution < 1.29 is 14.6 Å². The molecule has 5 heteroatoms. The first kappa shape index (κ1) is 20.7. The number of ether oxygens (including phenoxy) is 1. The molecule has 1 aromatic heterocycles. The van der Waals surface area contributed by atoms with Crippen LogP contribution in [-0.4, -0.2) is 40.5 Å². The first-order valence-electron chi connectivity index (χ1n) is 12.1. The highest BCUT2D eigenvalue weighted by molar-refractivity contribution is 5.82. The Balaban J connectivity index is 1.41. The van der Waals surface area contributed by atoms with E-state index in [1.165, 1.54) is 19.3 Å². The second-order valence-corrected chi connectivity index (χ2v) is 11.3. The zero-order valence-electron chi connectivity index (χ0n) is 18.8. The Bertz CT molecular complexity index is 806. The van der Waals surface area contributed by atoms with Crippen molar-refractivity contribution in [2.75, 3.05) is 13.7 Å². The van der Waals surface area contributed by atoms with Crippen molar-refractivity contribution in [2.45, 2.75) is 77.9 Å². The van der Waals surface area contributed by atoms with E-state index in [1.807, 2.05) is 31.1 Å². The Morgan fingerprint density at radius 3 is 2.83 bits per heavy atom. The lowest BCUT2D eigenvalue weighted by atomic mass is 9.51. The normalized spacial score (nSPS) is 45.1. The summed E-state index contributed by atoms with van der Waals surface area (Å²) in [5.41, 5.74) is 1.43. The Labute approximate surface area is 180 Å². The van der Waals surface area contributed by atoms with Crippen LogP contribution in [-0.2, 0) is 16.1 Å². The smallest absolute Gasteiger partial charge is 0.157 e. The predicted molar refractivity (Wildman–Crippen MR) is 115 cm³/mol. The average molecular weight is 415 g/mol. The van der Waals surface area contributed by atoms with Crippen LogP contribution in [0.3, 0.4) is 0 Å². The molecule has 4 fully saturated rings. The average Bonchev–Trinajstić information content (AvgIpc) is 3.34. The van der Waals surface area contributed by atoms with E-state index in [4.69, 9.17) is 4.74 Å². The van der Waals surface area contributed by atoms with Crippen LogP contribution in [0.2, 0.25) is 0 Å². The van der Waals surface area contributed by atoms with Gasteiger partial charge in [-0.05, 0) is 98.4 Å². The molecule has 4 aliphatic carbocycles. The molecule has 0 aromatic carbocycles. The molecule has 0 saturated heterocycles. The van der Waals surface area contributed by atoms with Gasteiger partial charge in [0.1, 0.15) is 0 Å². The van der Waals surface area contributed by atoms with Gasteiger partial charge in [-0.1, -0.05) is 6.92 Å². The SMILES string of the molecule is COC[C@]12CC[C@@H](O)C[C@@H]1CC[C@@H]1C2C[C@]2(C)[C@@H](C(=O)Cn3cc(C)cn3)CC[C@@H]12. The fourth-order valence-electron chi connectivity index (χ4n) is 8.72. The number of aliphatic hydroxyl groups is 1. The van der Waals surface area contributed by atoms with Crippen molar-refractivity contribution in [3.05, 3.63) is 18.0 Å². The highest BCUT2D eigenvalue weighted by Gasteiger charge is 2.65. The summed E-state index contributed by atoms with van der Waals surface area (Å²) in [6.07, 6.45) is 12.5. The van der Waals surface area contributed by atoms with Crippen molar-refractivity contribution in [3.63, 3.8) is 0 Å². The molecule has 4 saturated carbocycles. The second kappa shape index (κ2) is 7.44. The Kier molecular flexibility index (Phi) is 5.13. The number of aromatic nitrogens is 2. The van der Waals surface area contributed by atoms with Crippen molar-refractivity contribution in [3.8, 4) is 0 Å². The van der Waals surface area contributed by atoms with E-state index >= 15 is 0 Å². The molecule has 1 N–H and O–H groups in total. The lowest BCUT2D eigenvalue weighted by Crippen LogP contribution is -2.51. The number of ketones is 1. The second-order valence-electron chi connectivity index (χ2n) is 11.3. The van der Waals surface area contributed by atoms with Gasteiger partial charge in [-0.25, -0.2) is 0 Å². The van der Waals surface area contributed by atoms with Gasteiger partial charge in [-0.3, -0.25) is 9.48 Å². The summed E-state index contributed by atoms with van der Waals surface area (Å²) in [4.78, 5) is 13.4. The van der Waals surface area contributed by atoms with Gasteiger partial charge in [-0.15, -0.1) is 0 Å². The van der Waals surface area contributed by atoms with Crippen LogP contribution in [0.5, 0.6) is 0 Å². The minimum atomic E-state index is -0.139. The number of fused-ring (bicyclic) bond motifs is 5. The molecule has 0 bridgehead atoms. The lowest BCUT2D eigenvalue weighted by molar-refractivity contribution is -0.127. The van der Waals surface area contributed by atoms with Gasteiger partial charge in [0.05, 0.1) is 25.5 Å². The summed E-state index contributed by atoms with van der Waals surface area (Å²) in [6, 6.07) is 0. The fourth-order valence-corrected chi connectivity index (χ4v) is 8.72. The first-order valence-corrected chi connectivity index (χ1v) is 12.1. The summed E-state index contributed by atoms with van der Waals surface area (Å²) in [5, 5.41) is 14.7. The van der Waals surface area contributed by atoms with E-state index in [-0.39, 0.29) is 22.9 Å². The third kappa shape index (κ3) is 3.02. The number of hydrogen-bond donors (Lipinski definition) is 1. The first-order chi connectivity index (χ1) is 14.4. The van der Waals surface area contributed by atoms with E-state index in [2.05, 4.69) is 12.0 Å². The minimum Gasteiger partial charge on any atom is -0.393 e. The molecule has 0 aliphatic heterocycles. The topological polar surface area (TPSA) is 64.3 Å². The van der Waals surface area contributed by atoms with Crippen LogP contribution in [0.15, 0.2) is 12.4 Å². The zero-order valence-corrected chi connectivity index (χ0v) is 18.8. The number of carbonyl (C=O) groups is 1. The van der Waals surface area contributed by atoms with Crippen molar-refractivity contribution in [2.24, 2.45) is 40.4 Å². The molecule has 30 heavy (non-hydrogen) atoms. The molecule has 1 aromatic rings. The van der Waals surface area contributed by atoms with Gasteiger partial charge in [0.25, 0.3) is 0 Å². The summed E-state index contributed by atoms with van der Waals surface area (Å²) < 4.78 is 7.66. The van der Waals surface area contributed by atoms with Gasteiger partial charge in [0.15, 0.2) is 5.78 Å². The maximum absolute atomic E-state index is 13.4. The molecule has 0 radical (unpaired) electrons. The van der Waals surface area contributed by atoms with Gasteiger partial charge < -0.3 is 9.84 Å². The fraction of sp³-hybridized carbons (Fsp3) is 0.840. The molecule has 0 spiro atoms. The molecular weight excluding hydrogens is 376 g/mol. The van der Waals surface area contributed by atoms with Crippen molar-refractivity contribution in [1.29, 1.82) is 0 Å². The van der Waals surface area contributed by atoms with Crippen molar-refractivity contribution in [1.82, 2.24) is 9.78 Å². The molecule has 1 unspecified atom stereocenters. The molecule has 5 nitrogen and oxygen atoms in total. The maximum Gasteiger partial charge on any atom is 0.157 e. The van der Waals surface area contributed by atoms with E-state index in [9.17, 15) is 9.90 Å². The number of carbonyl (C=O) groups excluding carboxylic acids is 1. The molecule has 8 atom stereocenters. The molecule has 1 heterocycles. The minimum absolute atomic E-state index is 0.111. The van der Waals surface area contributed by atoms with Gasteiger partial charge in [-0.2, -0.15) is 5.10 Å². The number of aliphatic hydroxyl groups excluding tert-OH is 1. The van der Waals surface area contributed by atoms with E-state index in [0.29, 0.717) is 30.1 Å². The third-order valence-corrected chi connectivity index (χ3v) is 9.88.